The molecule has 0 aliphatic heterocycles. The molecule has 0 aromatic carbocycles. The lowest BCUT2D eigenvalue weighted by molar-refractivity contribution is 0.282. The monoisotopic (exact) mass is 269 g/mol. The average Bonchev–Trinajstić information content (AvgIpc) is 2.39. The summed E-state index contributed by atoms with van der Waals surface area (Å²) in [5.74, 6) is 1.59. The van der Waals surface area contributed by atoms with Crippen molar-refractivity contribution in [2.45, 2.75) is 98.4 Å². The first kappa shape index (κ1) is 19.0. The van der Waals surface area contributed by atoms with E-state index in [-0.39, 0.29) is 0 Å². The molecular weight excluding hydrogens is 230 g/mol. The molecule has 0 aromatic heterocycles. The minimum atomic E-state index is 0.727. The zero-order valence-corrected chi connectivity index (χ0v) is 14.3. The van der Waals surface area contributed by atoms with Gasteiger partial charge in [0.1, 0.15) is 0 Å². The largest absolute Gasteiger partial charge is 0.314 e. The maximum Gasteiger partial charge on any atom is 0.00950 e. The minimum Gasteiger partial charge on any atom is -0.314 e. The van der Waals surface area contributed by atoms with Gasteiger partial charge in [-0.1, -0.05) is 86.0 Å². The Morgan fingerprint density at radius 3 is 1.74 bits per heavy atom. The van der Waals surface area contributed by atoms with Gasteiger partial charge in [0.15, 0.2) is 0 Å². The van der Waals surface area contributed by atoms with E-state index in [1.807, 2.05) is 0 Å². The second-order valence-corrected chi connectivity index (χ2v) is 6.53. The molecule has 0 saturated carbocycles. The van der Waals surface area contributed by atoms with Crippen LogP contribution in [0.25, 0.3) is 0 Å². The first-order valence-electron chi connectivity index (χ1n) is 8.86. The first-order valence-corrected chi connectivity index (χ1v) is 8.86. The van der Waals surface area contributed by atoms with Gasteiger partial charge >= 0.3 is 0 Å². The molecule has 19 heavy (non-hydrogen) atoms. The summed E-state index contributed by atoms with van der Waals surface area (Å²) in [6, 6.07) is 0.727. The highest BCUT2D eigenvalue weighted by Gasteiger charge is 2.18. The van der Waals surface area contributed by atoms with Gasteiger partial charge in [-0.25, -0.2) is 0 Å². The molecule has 0 bridgehead atoms. The van der Waals surface area contributed by atoms with E-state index in [1.54, 1.807) is 0 Å². The molecule has 0 radical (unpaired) electrons. The number of rotatable bonds is 13. The van der Waals surface area contributed by atoms with Crippen molar-refractivity contribution in [3.05, 3.63) is 0 Å². The molecule has 0 aliphatic carbocycles. The fourth-order valence-corrected chi connectivity index (χ4v) is 2.78. The fraction of sp³-hybridized carbons (Fsp3) is 1.00. The van der Waals surface area contributed by atoms with Crippen molar-refractivity contribution in [3.8, 4) is 0 Å². The quantitative estimate of drug-likeness (QED) is 0.417. The van der Waals surface area contributed by atoms with Crippen molar-refractivity contribution in [1.29, 1.82) is 0 Å². The van der Waals surface area contributed by atoms with Crippen molar-refractivity contribution in [3.63, 3.8) is 0 Å². The lowest BCUT2D eigenvalue weighted by Gasteiger charge is -2.27. The van der Waals surface area contributed by atoms with Gasteiger partial charge in [-0.2, -0.15) is 0 Å². The molecule has 0 rings (SSSR count). The van der Waals surface area contributed by atoms with Crippen LogP contribution in [0, 0.1) is 11.8 Å². The van der Waals surface area contributed by atoms with Crippen molar-refractivity contribution in [2.24, 2.45) is 11.8 Å². The predicted octanol–water partition coefficient (Wildman–Crippen LogP) is 5.79. The van der Waals surface area contributed by atoms with Gasteiger partial charge in [0.25, 0.3) is 0 Å². The normalized spacial score (nSPS) is 14.8. The zero-order chi connectivity index (χ0) is 14.5. The van der Waals surface area contributed by atoms with Crippen LogP contribution in [0.1, 0.15) is 92.4 Å². The van der Waals surface area contributed by atoms with Crippen LogP contribution in [0.15, 0.2) is 0 Å². The molecule has 0 heterocycles. The molecule has 0 spiro atoms. The van der Waals surface area contributed by atoms with Crippen LogP contribution in [-0.4, -0.2) is 12.6 Å². The van der Waals surface area contributed by atoms with E-state index in [2.05, 4.69) is 39.9 Å². The number of nitrogens with one attached hydrogen (secondary N) is 1. The molecule has 1 heteroatoms. The third kappa shape index (κ3) is 10.4. The van der Waals surface area contributed by atoms with Crippen LogP contribution in [-0.2, 0) is 0 Å². The summed E-state index contributed by atoms with van der Waals surface area (Å²) in [6.07, 6.45) is 12.8. The molecule has 0 fully saturated rings. The van der Waals surface area contributed by atoms with Crippen molar-refractivity contribution in [1.82, 2.24) is 5.32 Å². The molecule has 2 unspecified atom stereocenters. The SMILES string of the molecule is CCCCCCCCCCC(NCC)C(C)C(C)C. The van der Waals surface area contributed by atoms with Gasteiger partial charge in [0.2, 0.25) is 0 Å². The molecule has 0 aromatic rings. The first-order chi connectivity index (χ1) is 9.13. The lowest BCUT2D eigenvalue weighted by atomic mass is 9.87. The van der Waals surface area contributed by atoms with Gasteiger partial charge in [-0.3, -0.25) is 0 Å². The Hall–Kier alpha value is -0.0400. The van der Waals surface area contributed by atoms with E-state index in [1.165, 1.54) is 57.8 Å². The number of unbranched alkanes of at least 4 members (excludes halogenated alkanes) is 7. The fourth-order valence-electron chi connectivity index (χ4n) is 2.78. The summed E-state index contributed by atoms with van der Waals surface area (Å²) >= 11 is 0. The smallest absolute Gasteiger partial charge is 0.00950 e. The summed E-state index contributed by atoms with van der Waals surface area (Å²) in [7, 11) is 0. The third-order valence-corrected chi connectivity index (χ3v) is 4.52. The van der Waals surface area contributed by atoms with E-state index in [9.17, 15) is 0 Å². The Kier molecular flexibility index (Phi) is 12.9. The highest BCUT2D eigenvalue weighted by molar-refractivity contribution is 4.75. The maximum absolute atomic E-state index is 3.68. The van der Waals surface area contributed by atoms with Crippen molar-refractivity contribution < 1.29 is 0 Å². The average molecular weight is 270 g/mol. The van der Waals surface area contributed by atoms with E-state index >= 15 is 0 Å². The van der Waals surface area contributed by atoms with Crippen LogP contribution < -0.4 is 5.32 Å². The van der Waals surface area contributed by atoms with E-state index < -0.39 is 0 Å². The van der Waals surface area contributed by atoms with E-state index in [0.717, 1.165) is 24.4 Å². The molecule has 0 saturated heterocycles. The van der Waals surface area contributed by atoms with Gasteiger partial charge in [0, 0.05) is 6.04 Å². The highest BCUT2D eigenvalue weighted by Crippen LogP contribution is 2.20. The minimum absolute atomic E-state index is 0.727. The predicted molar refractivity (Wildman–Crippen MR) is 88.7 cm³/mol. The Balaban J connectivity index is 3.59. The third-order valence-electron chi connectivity index (χ3n) is 4.52. The molecule has 116 valence electrons. The molecule has 0 amide bonds. The lowest BCUT2D eigenvalue weighted by Crippen LogP contribution is -2.37. The molecule has 1 nitrogen and oxygen atoms in total. The second kappa shape index (κ2) is 13.0. The van der Waals surface area contributed by atoms with Crippen LogP contribution in [0.4, 0.5) is 0 Å². The van der Waals surface area contributed by atoms with E-state index in [4.69, 9.17) is 0 Å². The highest BCUT2D eigenvalue weighted by atomic mass is 14.9. The van der Waals surface area contributed by atoms with Gasteiger partial charge < -0.3 is 5.32 Å². The Morgan fingerprint density at radius 1 is 0.737 bits per heavy atom. The molecule has 2 atom stereocenters. The van der Waals surface area contributed by atoms with Crippen LogP contribution in [0.2, 0.25) is 0 Å². The summed E-state index contributed by atoms with van der Waals surface area (Å²) in [6.45, 7) is 12.7. The summed E-state index contributed by atoms with van der Waals surface area (Å²) in [5, 5.41) is 3.68. The van der Waals surface area contributed by atoms with Gasteiger partial charge in [-0.05, 0) is 24.8 Å². The summed E-state index contributed by atoms with van der Waals surface area (Å²) in [4.78, 5) is 0. The summed E-state index contributed by atoms with van der Waals surface area (Å²) in [5.41, 5.74) is 0. The number of hydrogen-bond acceptors (Lipinski definition) is 1. The Morgan fingerprint density at radius 2 is 1.26 bits per heavy atom. The zero-order valence-electron chi connectivity index (χ0n) is 14.3. The summed E-state index contributed by atoms with van der Waals surface area (Å²) < 4.78 is 0. The van der Waals surface area contributed by atoms with E-state index in [0.29, 0.717) is 0 Å². The van der Waals surface area contributed by atoms with Gasteiger partial charge in [0.05, 0.1) is 0 Å². The molecule has 0 aliphatic rings. The van der Waals surface area contributed by atoms with Crippen molar-refractivity contribution in [2.75, 3.05) is 6.54 Å². The van der Waals surface area contributed by atoms with Gasteiger partial charge in [-0.15, -0.1) is 0 Å². The number of hydrogen-bond donors (Lipinski definition) is 1. The molecule has 1 N–H and O–H groups in total. The standard InChI is InChI=1S/C18H39N/c1-6-8-9-10-11-12-13-14-15-18(19-7-2)17(5)16(3)4/h16-19H,6-15H2,1-5H3. The molecular formula is C18H39N. The Labute approximate surface area is 122 Å². The van der Waals surface area contributed by atoms with Crippen molar-refractivity contribution >= 4 is 0 Å². The maximum atomic E-state index is 3.68. The Bertz CT molecular complexity index is 177. The van der Waals surface area contributed by atoms with Crippen LogP contribution >= 0.6 is 0 Å². The topological polar surface area (TPSA) is 12.0 Å². The second-order valence-electron chi connectivity index (χ2n) is 6.53. The van der Waals surface area contributed by atoms with Crippen LogP contribution in [0.3, 0.4) is 0 Å². The van der Waals surface area contributed by atoms with Crippen LogP contribution in [0.5, 0.6) is 0 Å².